The lowest BCUT2D eigenvalue weighted by molar-refractivity contribution is 0.198. The molecule has 0 aromatic heterocycles. The minimum absolute atomic E-state index is 0.142. The van der Waals surface area contributed by atoms with Gasteiger partial charge in [-0.3, -0.25) is 4.90 Å². The minimum Gasteiger partial charge on any atom is -0.329 e. The first-order chi connectivity index (χ1) is 9.84. The Hall–Kier alpha value is 0.210. The average molecular weight is 414 g/mol. The van der Waals surface area contributed by atoms with E-state index in [2.05, 4.69) is 15.9 Å². The van der Waals surface area contributed by atoms with Crippen molar-refractivity contribution in [1.82, 2.24) is 4.90 Å². The summed E-state index contributed by atoms with van der Waals surface area (Å²) in [5.41, 5.74) is 6.88. The Bertz CT molecular complexity index is 612. The molecule has 1 aliphatic heterocycles. The van der Waals surface area contributed by atoms with Gasteiger partial charge >= 0.3 is 0 Å². The zero-order chi connectivity index (χ0) is 15.6. The van der Waals surface area contributed by atoms with Crippen molar-refractivity contribution in [2.24, 2.45) is 5.73 Å². The quantitative estimate of drug-likeness (QED) is 0.822. The Morgan fingerprint density at radius 2 is 2.29 bits per heavy atom. The van der Waals surface area contributed by atoms with Gasteiger partial charge in [-0.25, -0.2) is 8.42 Å². The molecule has 2 unspecified atom stereocenters. The van der Waals surface area contributed by atoms with Crippen LogP contribution in [0.3, 0.4) is 0 Å². The molecule has 1 heterocycles. The van der Waals surface area contributed by atoms with Crippen LogP contribution in [0.5, 0.6) is 0 Å². The summed E-state index contributed by atoms with van der Waals surface area (Å²) in [4.78, 5) is 1.99. The minimum atomic E-state index is -3.15. The Kier molecular flexibility index (Phi) is 6.01. The summed E-state index contributed by atoms with van der Waals surface area (Å²) in [6.45, 7) is 1.06. The largest absolute Gasteiger partial charge is 0.329 e. The lowest BCUT2D eigenvalue weighted by atomic mass is 10.1. The van der Waals surface area contributed by atoms with E-state index >= 15 is 0 Å². The second kappa shape index (κ2) is 7.19. The van der Waals surface area contributed by atoms with Crippen LogP contribution in [0.1, 0.15) is 11.6 Å². The lowest BCUT2D eigenvalue weighted by Crippen LogP contribution is -2.50. The Morgan fingerprint density at radius 3 is 2.86 bits per heavy atom. The van der Waals surface area contributed by atoms with Gasteiger partial charge in [0.25, 0.3) is 0 Å². The fraction of sp³-hybridized carbons (Fsp3) is 0.538. The molecule has 21 heavy (non-hydrogen) atoms. The average Bonchev–Trinajstić information content (AvgIpc) is 2.43. The highest BCUT2D eigenvalue weighted by atomic mass is 79.9. The number of thioether (sulfide) groups is 1. The maximum atomic E-state index is 12.0. The predicted octanol–water partition coefficient (Wildman–Crippen LogP) is 2.52. The van der Waals surface area contributed by atoms with Crippen molar-refractivity contribution < 1.29 is 8.42 Å². The molecular formula is C13H18BrClN2O2S2. The van der Waals surface area contributed by atoms with Crippen LogP contribution in [0.2, 0.25) is 5.02 Å². The SMILES string of the molecule is CS(=O)(=O)C1CSCCN1C(CN)c1ccc(Br)c(Cl)c1. The highest BCUT2D eigenvalue weighted by Gasteiger charge is 2.35. The van der Waals surface area contributed by atoms with Crippen LogP contribution in [0, 0.1) is 0 Å². The molecule has 118 valence electrons. The number of benzene rings is 1. The van der Waals surface area contributed by atoms with Crippen molar-refractivity contribution >= 4 is 49.1 Å². The number of nitrogens with two attached hydrogens (primary N) is 1. The fourth-order valence-electron chi connectivity index (χ4n) is 2.50. The smallest absolute Gasteiger partial charge is 0.164 e. The zero-order valence-electron chi connectivity index (χ0n) is 11.6. The van der Waals surface area contributed by atoms with Crippen molar-refractivity contribution in [2.45, 2.75) is 11.4 Å². The van der Waals surface area contributed by atoms with Crippen LogP contribution >= 0.6 is 39.3 Å². The predicted molar refractivity (Wildman–Crippen MR) is 93.6 cm³/mol. The first-order valence-corrected chi connectivity index (χ1v) is 10.8. The van der Waals surface area contributed by atoms with E-state index in [0.29, 0.717) is 23.9 Å². The van der Waals surface area contributed by atoms with E-state index in [1.807, 2.05) is 23.1 Å². The van der Waals surface area contributed by atoms with Crippen LogP contribution in [0.4, 0.5) is 0 Å². The van der Waals surface area contributed by atoms with Gasteiger partial charge in [0, 0.05) is 41.4 Å². The molecule has 1 fully saturated rings. The maximum absolute atomic E-state index is 12.0. The molecule has 2 rings (SSSR count). The molecule has 1 aromatic rings. The van der Waals surface area contributed by atoms with E-state index < -0.39 is 15.2 Å². The highest BCUT2D eigenvalue weighted by molar-refractivity contribution is 9.10. The second-order valence-corrected chi connectivity index (χ2v) is 9.64. The number of hydrogen-bond donors (Lipinski definition) is 1. The van der Waals surface area contributed by atoms with Crippen LogP contribution < -0.4 is 5.73 Å². The van der Waals surface area contributed by atoms with E-state index in [-0.39, 0.29) is 6.04 Å². The number of halogens is 2. The zero-order valence-corrected chi connectivity index (χ0v) is 15.6. The molecule has 0 spiro atoms. The monoisotopic (exact) mass is 412 g/mol. The molecule has 0 aliphatic carbocycles. The molecule has 4 nitrogen and oxygen atoms in total. The van der Waals surface area contributed by atoms with Crippen LogP contribution in [0.25, 0.3) is 0 Å². The fourth-order valence-corrected chi connectivity index (χ4v) is 5.86. The molecule has 1 saturated heterocycles. The van der Waals surface area contributed by atoms with Crippen molar-refractivity contribution in [1.29, 1.82) is 0 Å². The van der Waals surface area contributed by atoms with Gasteiger partial charge in [0.2, 0.25) is 0 Å². The van der Waals surface area contributed by atoms with Gasteiger partial charge in [-0.05, 0) is 33.6 Å². The third-order valence-electron chi connectivity index (χ3n) is 3.57. The molecule has 1 aromatic carbocycles. The molecule has 8 heteroatoms. The van der Waals surface area contributed by atoms with E-state index in [1.54, 1.807) is 11.8 Å². The number of hydrogen-bond acceptors (Lipinski definition) is 5. The summed E-state index contributed by atoms with van der Waals surface area (Å²) in [7, 11) is -3.15. The van der Waals surface area contributed by atoms with Crippen molar-refractivity contribution in [3.63, 3.8) is 0 Å². The van der Waals surface area contributed by atoms with Gasteiger partial charge in [-0.15, -0.1) is 0 Å². The van der Waals surface area contributed by atoms with Crippen molar-refractivity contribution in [3.05, 3.63) is 33.3 Å². The van der Waals surface area contributed by atoms with Crippen LogP contribution in [-0.2, 0) is 9.84 Å². The molecular weight excluding hydrogens is 396 g/mol. The topological polar surface area (TPSA) is 63.4 Å². The molecule has 0 bridgehead atoms. The maximum Gasteiger partial charge on any atom is 0.164 e. The third-order valence-corrected chi connectivity index (χ3v) is 7.46. The summed E-state index contributed by atoms with van der Waals surface area (Å²) in [6, 6.07) is 5.52. The van der Waals surface area contributed by atoms with Crippen molar-refractivity contribution in [2.75, 3.05) is 30.9 Å². The van der Waals surface area contributed by atoms with E-state index in [0.717, 1.165) is 15.8 Å². The lowest BCUT2D eigenvalue weighted by Gasteiger charge is -2.39. The second-order valence-electron chi connectivity index (χ2n) is 5.02. The first kappa shape index (κ1) is 17.6. The van der Waals surface area contributed by atoms with E-state index in [4.69, 9.17) is 17.3 Å². The van der Waals surface area contributed by atoms with Crippen LogP contribution in [-0.4, -0.2) is 49.5 Å². The summed E-state index contributed by atoms with van der Waals surface area (Å²) < 4.78 is 24.9. The number of rotatable bonds is 4. The number of nitrogens with zero attached hydrogens (tertiary/aromatic N) is 1. The molecule has 1 aliphatic rings. The molecule has 0 radical (unpaired) electrons. The highest BCUT2D eigenvalue weighted by Crippen LogP contribution is 2.32. The van der Waals surface area contributed by atoms with E-state index in [9.17, 15) is 8.42 Å². The van der Waals surface area contributed by atoms with Gasteiger partial charge in [0.05, 0.1) is 5.02 Å². The van der Waals surface area contributed by atoms with Gasteiger partial charge in [-0.2, -0.15) is 11.8 Å². The molecule has 0 amide bonds. The van der Waals surface area contributed by atoms with Crippen molar-refractivity contribution in [3.8, 4) is 0 Å². The Labute approximate surface area is 143 Å². The van der Waals surface area contributed by atoms with Crippen LogP contribution in [0.15, 0.2) is 22.7 Å². The summed E-state index contributed by atoms with van der Waals surface area (Å²) in [6.07, 6.45) is 1.29. The van der Waals surface area contributed by atoms with E-state index in [1.165, 1.54) is 6.26 Å². The van der Waals surface area contributed by atoms with Gasteiger partial charge in [0.15, 0.2) is 9.84 Å². The van der Waals surface area contributed by atoms with Gasteiger partial charge in [-0.1, -0.05) is 17.7 Å². The van der Waals surface area contributed by atoms with Gasteiger partial charge in [0.1, 0.15) is 5.37 Å². The third kappa shape index (κ3) is 4.14. The summed E-state index contributed by atoms with van der Waals surface area (Å²) >= 11 is 11.2. The Balaban J connectivity index is 2.36. The molecule has 2 atom stereocenters. The Morgan fingerprint density at radius 1 is 1.57 bits per heavy atom. The summed E-state index contributed by atoms with van der Waals surface area (Å²) in [5.74, 6) is 1.49. The summed E-state index contributed by atoms with van der Waals surface area (Å²) in [5, 5.41) is 0.112. The molecule has 0 saturated carbocycles. The normalized spacial score (nSPS) is 22.2. The van der Waals surface area contributed by atoms with Gasteiger partial charge < -0.3 is 5.73 Å². The first-order valence-electron chi connectivity index (χ1n) is 6.52. The number of sulfone groups is 1. The standard InChI is InChI=1S/C13H18BrClN2O2S2/c1-21(18,19)13-8-20-5-4-17(13)12(7-16)9-2-3-10(14)11(15)6-9/h2-3,6,12-13H,4-5,7-8,16H2,1H3. The molecule has 2 N–H and O–H groups in total.